The van der Waals surface area contributed by atoms with Crippen molar-refractivity contribution in [2.45, 2.75) is 32.6 Å². The first-order valence-corrected chi connectivity index (χ1v) is 14.3. The lowest BCUT2D eigenvalue weighted by Crippen LogP contribution is -2.37. The first-order valence-electron chi connectivity index (χ1n) is 13.5. The van der Waals surface area contributed by atoms with Gasteiger partial charge in [-0.25, -0.2) is 9.78 Å². The molecule has 1 N–H and O–H groups in total. The zero-order valence-electron chi connectivity index (χ0n) is 22.8. The van der Waals surface area contributed by atoms with Gasteiger partial charge in [-0.2, -0.15) is 0 Å². The maximum Gasteiger partial charge on any atom is 0.338 e. The highest BCUT2D eigenvalue weighted by molar-refractivity contribution is 7.10. The first kappa shape index (κ1) is 28.0. The Morgan fingerprint density at radius 2 is 1.80 bits per heavy atom. The summed E-state index contributed by atoms with van der Waals surface area (Å²) >= 11 is 1.62. The maximum absolute atomic E-state index is 12.7. The molecule has 10 heteroatoms. The normalized spacial score (nSPS) is 13.9. The molecule has 0 bridgehead atoms. The minimum Gasteiger partial charge on any atom is -0.462 e. The Kier molecular flexibility index (Phi) is 8.69. The fourth-order valence-electron chi connectivity index (χ4n) is 4.74. The van der Waals surface area contributed by atoms with Crippen molar-refractivity contribution < 1.29 is 23.6 Å². The van der Waals surface area contributed by atoms with E-state index in [1.54, 1.807) is 47.4 Å². The monoisotopic (exact) mass is 570 g/mol. The molecule has 1 fully saturated rings. The molecule has 1 aliphatic heterocycles. The predicted molar refractivity (Wildman–Crippen MR) is 157 cm³/mol. The number of nitrogens with zero attached hydrogens (tertiary/aromatic N) is 3. The molecule has 1 aliphatic rings. The molecular weight excluding hydrogens is 540 g/mol. The fraction of sp³-hybridized carbons (Fsp3) is 0.258. The number of aromatic nitrogens is 2. The number of hydrogen-bond donors (Lipinski definition) is 1. The van der Waals surface area contributed by atoms with Gasteiger partial charge in [-0.3, -0.25) is 9.59 Å². The van der Waals surface area contributed by atoms with Crippen LogP contribution in [0.1, 0.15) is 46.8 Å². The van der Waals surface area contributed by atoms with E-state index in [1.165, 1.54) is 12.2 Å². The van der Waals surface area contributed by atoms with Crippen molar-refractivity contribution in [1.82, 2.24) is 15.0 Å². The van der Waals surface area contributed by atoms with E-state index in [0.717, 1.165) is 46.1 Å². The largest absolute Gasteiger partial charge is 0.462 e. The molecule has 0 saturated carbocycles. The molecule has 1 saturated heterocycles. The number of amides is 2. The van der Waals surface area contributed by atoms with Gasteiger partial charge in [0.25, 0.3) is 0 Å². The summed E-state index contributed by atoms with van der Waals surface area (Å²) in [4.78, 5) is 43.5. The van der Waals surface area contributed by atoms with Gasteiger partial charge in [0, 0.05) is 47.8 Å². The van der Waals surface area contributed by atoms with Gasteiger partial charge in [0.1, 0.15) is 11.5 Å². The van der Waals surface area contributed by atoms with Gasteiger partial charge in [0.15, 0.2) is 0 Å². The zero-order chi connectivity index (χ0) is 28.8. The van der Waals surface area contributed by atoms with E-state index in [2.05, 4.69) is 10.5 Å². The molecule has 3 heterocycles. The Morgan fingerprint density at radius 1 is 1.07 bits per heavy atom. The Balaban J connectivity index is 1.14. The van der Waals surface area contributed by atoms with Crippen LogP contribution in [0.15, 0.2) is 76.7 Å². The third-order valence-electron chi connectivity index (χ3n) is 6.88. The second-order valence-corrected chi connectivity index (χ2v) is 10.5. The number of aryl methyl sites for hydroxylation is 1. The highest BCUT2D eigenvalue weighted by atomic mass is 32.1. The average molecular weight is 571 g/mol. The predicted octanol–water partition coefficient (Wildman–Crippen LogP) is 5.85. The van der Waals surface area contributed by atoms with E-state index in [0.29, 0.717) is 30.9 Å². The van der Waals surface area contributed by atoms with Crippen LogP contribution < -0.4 is 5.32 Å². The van der Waals surface area contributed by atoms with E-state index in [4.69, 9.17) is 14.2 Å². The highest BCUT2D eigenvalue weighted by Crippen LogP contribution is 2.38. The molecule has 0 spiro atoms. The standard InChI is InChI=1S/C31H30N4O5S/c1-3-39-31(38)23-9-11-24(12-10-23)32-26(36)13-14-27(37)35-17-15-22(16-18-35)30-33-25(19-41-30)28-20(2)40-34-29(28)21-7-5-4-6-8-21/h4-14,19,22H,3,15-18H2,1-2H3,(H,32,36)/b14-13+. The van der Waals surface area contributed by atoms with Crippen LogP contribution in [0.2, 0.25) is 0 Å². The smallest absolute Gasteiger partial charge is 0.338 e. The Morgan fingerprint density at radius 3 is 2.51 bits per heavy atom. The summed E-state index contributed by atoms with van der Waals surface area (Å²) in [5, 5.41) is 10.1. The lowest BCUT2D eigenvalue weighted by molar-refractivity contribution is -0.127. The summed E-state index contributed by atoms with van der Waals surface area (Å²) in [7, 11) is 0. The number of esters is 1. The second kappa shape index (κ2) is 12.7. The van der Waals surface area contributed by atoms with Crippen molar-refractivity contribution in [2.24, 2.45) is 0 Å². The lowest BCUT2D eigenvalue weighted by atomic mass is 9.97. The van der Waals surface area contributed by atoms with Crippen molar-refractivity contribution >= 4 is 34.8 Å². The topological polar surface area (TPSA) is 115 Å². The molecule has 9 nitrogen and oxygen atoms in total. The van der Waals surface area contributed by atoms with E-state index in [9.17, 15) is 14.4 Å². The van der Waals surface area contributed by atoms with Crippen LogP contribution >= 0.6 is 11.3 Å². The summed E-state index contributed by atoms with van der Waals surface area (Å²) in [6.45, 7) is 5.09. The number of hydrogen-bond acceptors (Lipinski definition) is 8. The van der Waals surface area contributed by atoms with Crippen molar-refractivity contribution in [2.75, 3.05) is 25.0 Å². The summed E-state index contributed by atoms with van der Waals surface area (Å²) in [6, 6.07) is 16.3. The summed E-state index contributed by atoms with van der Waals surface area (Å²) < 4.78 is 10.5. The fourth-order valence-corrected chi connectivity index (χ4v) is 5.73. The van der Waals surface area contributed by atoms with E-state index < -0.39 is 11.9 Å². The quantitative estimate of drug-likeness (QED) is 0.209. The van der Waals surface area contributed by atoms with Crippen LogP contribution in [0.5, 0.6) is 0 Å². The zero-order valence-corrected chi connectivity index (χ0v) is 23.6. The van der Waals surface area contributed by atoms with Gasteiger partial charge in [-0.15, -0.1) is 11.3 Å². The molecule has 0 atom stereocenters. The Bertz CT molecular complexity index is 1550. The van der Waals surface area contributed by atoms with Crippen LogP contribution in [0, 0.1) is 6.92 Å². The van der Waals surface area contributed by atoms with Gasteiger partial charge in [-0.1, -0.05) is 35.5 Å². The molecule has 4 aromatic rings. The summed E-state index contributed by atoms with van der Waals surface area (Å²) in [5.41, 5.74) is 4.44. The molecule has 0 unspecified atom stereocenters. The van der Waals surface area contributed by atoms with Crippen LogP contribution in [0.3, 0.4) is 0 Å². The van der Waals surface area contributed by atoms with Crippen LogP contribution in [0.25, 0.3) is 22.5 Å². The van der Waals surface area contributed by atoms with Gasteiger partial charge < -0.3 is 19.5 Å². The summed E-state index contributed by atoms with van der Waals surface area (Å²) in [5.74, 6) is -0.0684. The number of ether oxygens (including phenoxy) is 1. The average Bonchev–Trinajstić information content (AvgIpc) is 3.63. The summed E-state index contributed by atoms with van der Waals surface area (Å²) in [6.07, 6.45) is 4.11. The molecule has 0 aliphatic carbocycles. The third kappa shape index (κ3) is 6.60. The minimum absolute atomic E-state index is 0.205. The van der Waals surface area contributed by atoms with E-state index in [-0.39, 0.29) is 11.8 Å². The maximum atomic E-state index is 12.7. The number of anilines is 1. The molecule has 41 heavy (non-hydrogen) atoms. The van der Waals surface area contributed by atoms with E-state index >= 15 is 0 Å². The number of benzene rings is 2. The molecule has 0 radical (unpaired) electrons. The molecule has 5 rings (SSSR count). The van der Waals surface area contributed by atoms with Gasteiger partial charge in [0.05, 0.1) is 28.4 Å². The first-order chi connectivity index (χ1) is 19.9. The van der Waals surface area contributed by atoms with Crippen molar-refractivity contribution in [3.8, 4) is 22.5 Å². The number of rotatable bonds is 8. The molecular formula is C31H30N4O5S. The van der Waals surface area contributed by atoms with Crippen LogP contribution in [-0.4, -0.2) is 52.5 Å². The van der Waals surface area contributed by atoms with Crippen LogP contribution in [0.4, 0.5) is 5.69 Å². The Hall–Kier alpha value is -4.57. The number of piperidine rings is 1. The lowest BCUT2D eigenvalue weighted by Gasteiger charge is -2.30. The van der Waals surface area contributed by atoms with Gasteiger partial charge in [-0.05, 0) is 51.0 Å². The highest BCUT2D eigenvalue weighted by Gasteiger charge is 2.26. The van der Waals surface area contributed by atoms with Crippen LogP contribution in [-0.2, 0) is 14.3 Å². The molecule has 2 aromatic heterocycles. The molecule has 210 valence electrons. The van der Waals surface area contributed by atoms with E-state index in [1.807, 2.05) is 42.6 Å². The number of thiazole rings is 1. The SMILES string of the molecule is CCOC(=O)c1ccc(NC(=O)/C=C/C(=O)N2CCC(c3nc(-c4c(-c5ccccc5)noc4C)cs3)CC2)cc1. The number of likely N-dealkylation sites (tertiary alicyclic amines) is 1. The second-order valence-electron chi connectivity index (χ2n) is 9.62. The Labute approximate surface area is 241 Å². The number of nitrogens with one attached hydrogen (secondary N) is 1. The number of carbonyl (C=O) groups is 3. The van der Waals surface area contributed by atoms with Gasteiger partial charge in [0.2, 0.25) is 11.8 Å². The van der Waals surface area contributed by atoms with Crippen molar-refractivity contribution in [3.05, 3.63) is 88.5 Å². The minimum atomic E-state index is -0.425. The third-order valence-corrected chi connectivity index (χ3v) is 7.89. The van der Waals surface area contributed by atoms with Gasteiger partial charge >= 0.3 is 5.97 Å². The van der Waals surface area contributed by atoms with Crippen molar-refractivity contribution in [3.63, 3.8) is 0 Å². The molecule has 2 amide bonds. The van der Waals surface area contributed by atoms with Crippen molar-refractivity contribution in [1.29, 1.82) is 0 Å². The molecule has 2 aromatic carbocycles. The number of carbonyl (C=O) groups excluding carboxylic acids is 3.